The molecule has 1 heteroatoms. The maximum atomic E-state index is 5.82. The van der Waals surface area contributed by atoms with E-state index in [1.54, 1.807) is 0 Å². The van der Waals surface area contributed by atoms with Gasteiger partial charge in [-0.2, -0.15) is 0 Å². The molecule has 0 bridgehead atoms. The van der Waals surface area contributed by atoms with Gasteiger partial charge < -0.3 is 5.73 Å². The zero-order chi connectivity index (χ0) is 6.15. The Balaban J connectivity index is 2.44. The van der Waals surface area contributed by atoms with Crippen LogP contribution in [0.2, 0.25) is 0 Å². The van der Waals surface area contributed by atoms with Crippen molar-refractivity contribution in [2.75, 3.05) is 0 Å². The van der Waals surface area contributed by atoms with Crippen molar-refractivity contribution >= 4 is 0 Å². The zero-order valence-corrected chi connectivity index (χ0v) is 5.72. The molecule has 1 aliphatic rings. The summed E-state index contributed by atoms with van der Waals surface area (Å²) in [4.78, 5) is 0. The van der Waals surface area contributed by atoms with Gasteiger partial charge in [0.1, 0.15) is 0 Å². The van der Waals surface area contributed by atoms with E-state index in [1.165, 1.54) is 12.8 Å². The molecule has 2 N–H and O–H groups in total. The van der Waals surface area contributed by atoms with Gasteiger partial charge >= 0.3 is 0 Å². The van der Waals surface area contributed by atoms with Crippen LogP contribution in [0, 0.1) is 11.8 Å². The summed E-state index contributed by atoms with van der Waals surface area (Å²) in [5.74, 6) is 1.54. The molecule has 0 amide bonds. The van der Waals surface area contributed by atoms with Crippen molar-refractivity contribution in [1.82, 2.24) is 0 Å². The molecule has 0 spiro atoms. The fraction of sp³-hybridized carbons (Fsp3) is 1.00. The van der Waals surface area contributed by atoms with Crippen LogP contribution in [0.1, 0.15) is 26.7 Å². The van der Waals surface area contributed by atoms with Crippen molar-refractivity contribution in [3.63, 3.8) is 0 Å². The summed E-state index contributed by atoms with van der Waals surface area (Å²) in [7, 11) is 0. The molecular weight excluding hydrogens is 98.1 g/mol. The molecule has 2 atom stereocenters. The third kappa shape index (κ3) is 0.873. The molecule has 1 fully saturated rings. The third-order valence-electron chi connectivity index (χ3n) is 2.39. The second-order valence-electron chi connectivity index (χ2n) is 3.11. The molecule has 1 saturated carbocycles. The van der Waals surface area contributed by atoms with Crippen LogP contribution in [-0.2, 0) is 0 Å². The molecule has 0 radical (unpaired) electrons. The van der Waals surface area contributed by atoms with Gasteiger partial charge in [0.05, 0.1) is 0 Å². The van der Waals surface area contributed by atoms with Crippen LogP contribution in [0.4, 0.5) is 0 Å². The van der Waals surface area contributed by atoms with Gasteiger partial charge in [0.2, 0.25) is 0 Å². The predicted octanol–water partition coefficient (Wildman–Crippen LogP) is 1.38. The van der Waals surface area contributed by atoms with Crippen molar-refractivity contribution in [3.05, 3.63) is 0 Å². The van der Waals surface area contributed by atoms with E-state index in [9.17, 15) is 0 Å². The summed E-state index contributed by atoms with van der Waals surface area (Å²) in [6, 6.07) is 0.481. The van der Waals surface area contributed by atoms with E-state index in [-0.39, 0.29) is 0 Å². The summed E-state index contributed by atoms with van der Waals surface area (Å²) >= 11 is 0. The summed E-state index contributed by atoms with van der Waals surface area (Å²) in [5.41, 5.74) is 5.82. The van der Waals surface area contributed by atoms with Crippen LogP contribution in [0.15, 0.2) is 0 Å². The van der Waals surface area contributed by atoms with E-state index >= 15 is 0 Å². The van der Waals surface area contributed by atoms with E-state index < -0.39 is 0 Å². The molecule has 8 heavy (non-hydrogen) atoms. The van der Waals surface area contributed by atoms with Crippen LogP contribution in [-0.4, -0.2) is 6.04 Å². The minimum Gasteiger partial charge on any atom is -0.327 e. The first-order chi connectivity index (χ1) is 3.72. The second kappa shape index (κ2) is 2.06. The Morgan fingerprint density at radius 1 is 1.12 bits per heavy atom. The van der Waals surface area contributed by atoms with E-state index in [1.807, 2.05) is 0 Å². The van der Waals surface area contributed by atoms with Crippen molar-refractivity contribution in [1.29, 1.82) is 0 Å². The Bertz CT molecular complexity index is 70.5. The number of hydrogen-bond donors (Lipinski definition) is 1. The van der Waals surface area contributed by atoms with Gasteiger partial charge in [0.25, 0.3) is 0 Å². The standard InChI is InChI=1S/C7H15N/c1-5-3-4-6(2)7(5)8/h5-7H,3-4,8H2,1-2H3/t5-,6-/m0/s1. The molecule has 0 aromatic heterocycles. The minimum atomic E-state index is 0.481. The van der Waals surface area contributed by atoms with Gasteiger partial charge in [0, 0.05) is 6.04 Å². The fourth-order valence-electron chi connectivity index (χ4n) is 1.47. The monoisotopic (exact) mass is 113 g/mol. The first kappa shape index (κ1) is 6.09. The van der Waals surface area contributed by atoms with E-state index in [0.29, 0.717) is 6.04 Å². The Hall–Kier alpha value is -0.0400. The summed E-state index contributed by atoms with van der Waals surface area (Å²) in [5, 5.41) is 0. The van der Waals surface area contributed by atoms with Crippen LogP contribution >= 0.6 is 0 Å². The van der Waals surface area contributed by atoms with Crippen molar-refractivity contribution in [3.8, 4) is 0 Å². The van der Waals surface area contributed by atoms with Gasteiger partial charge in [-0.15, -0.1) is 0 Å². The lowest BCUT2D eigenvalue weighted by molar-refractivity contribution is 0.456. The molecule has 0 aliphatic heterocycles. The summed E-state index contributed by atoms with van der Waals surface area (Å²) < 4.78 is 0. The van der Waals surface area contributed by atoms with Crippen LogP contribution in [0.25, 0.3) is 0 Å². The second-order valence-corrected chi connectivity index (χ2v) is 3.11. The molecule has 0 saturated heterocycles. The molecule has 0 unspecified atom stereocenters. The average molecular weight is 113 g/mol. The van der Waals surface area contributed by atoms with E-state index in [2.05, 4.69) is 13.8 Å². The highest BCUT2D eigenvalue weighted by Gasteiger charge is 2.26. The van der Waals surface area contributed by atoms with Gasteiger partial charge in [-0.05, 0) is 24.7 Å². The molecule has 0 aromatic rings. The maximum absolute atomic E-state index is 5.82. The lowest BCUT2D eigenvalue weighted by Gasteiger charge is -2.12. The van der Waals surface area contributed by atoms with Gasteiger partial charge in [-0.1, -0.05) is 13.8 Å². The fourth-order valence-corrected chi connectivity index (χ4v) is 1.47. The van der Waals surface area contributed by atoms with Gasteiger partial charge in [-0.3, -0.25) is 0 Å². The SMILES string of the molecule is C[C@H]1CC[C@H](C)C1N. The summed E-state index contributed by atoms with van der Waals surface area (Å²) in [6.07, 6.45) is 2.67. The molecule has 1 nitrogen and oxygen atoms in total. The van der Waals surface area contributed by atoms with E-state index in [4.69, 9.17) is 5.73 Å². The molecule has 1 rings (SSSR count). The predicted molar refractivity (Wildman–Crippen MR) is 35.5 cm³/mol. The largest absolute Gasteiger partial charge is 0.327 e. The minimum absolute atomic E-state index is 0.481. The highest BCUT2D eigenvalue weighted by molar-refractivity contribution is 4.82. The topological polar surface area (TPSA) is 26.0 Å². The quantitative estimate of drug-likeness (QED) is 0.504. The Labute approximate surface area is 51.3 Å². The molecule has 0 heterocycles. The maximum Gasteiger partial charge on any atom is 0.00903 e. The van der Waals surface area contributed by atoms with Crippen LogP contribution < -0.4 is 5.73 Å². The normalized spacial score (nSPS) is 40.9. The molecule has 0 aromatic carbocycles. The molecular formula is C7H15N. The molecule has 48 valence electrons. The number of hydrogen-bond acceptors (Lipinski definition) is 1. The summed E-state index contributed by atoms with van der Waals surface area (Å²) in [6.45, 7) is 4.49. The molecule has 1 aliphatic carbocycles. The number of nitrogens with two attached hydrogens (primary N) is 1. The Morgan fingerprint density at radius 3 is 1.62 bits per heavy atom. The van der Waals surface area contributed by atoms with Crippen LogP contribution in [0.5, 0.6) is 0 Å². The lowest BCUT2D eigenvalue weighted by Crippen LogP contribution is -2.27. The number of rotatable bonds is 0. The smallest absolute Gasteiger partial charge is 0.00903 e. The van der Waals surface area contributed by atoms with Gasteiger partial charge in [0.15, 0.2) is 0 Å². The van der Waals surface area contributed by atoms with Crippen molar-refractivity contribution < 1.29 is 0 Å². The van der Waals surface area contributed by atoms with Gasteiger partial charge in [-0.25, -0.2) is 0 Å². The Kier molecular flexibility index (Phi) is 1.57. The van der Waals surface area contributed by atoms with E-state index in [0.717, 1.165) is 11.8 Å². The lowest BCUT2D eigenvalue weighted by atomic mass is 10.0. The van der Waals surface area contributed by atoms with Crippen LogP contribution in [0.3, 0.4) is 0 Å². The highest BCUT2D eigenvalue weighted by Crippen LogP contribution is 2.28. The first-order valence-corrected chi connectivity index (χ1v) is 3.47. The Morgan fingerprint density at radius 2 is 1.50 bits per heavy atom. The zero-order valence-electron chi connectivity index (χ0n) is 5.72. The van der Waals surface area contributed by atoms with Crippen molar-refractivity contribution in [2.24, 2.45) is 17.6 Å². The first-order valence-electron chi connectivity index (χ1n) is 3.47. The van der Waals surface area contributed by atoms with Crippen molar-refractivity contribution in [2.45, 2.75) is 32.7 Å². The third-order valence-corrected chi connectivity index (χ3v) is 2.39. The highest BCUT2D eigenvalue weighted by atomic mass is 14.7. The average Bonchev–Trinajstić information content (AvgIpc) is 1.98.